The fourth-order valence-electron chi connectivity index (χ4n) is 2.02. The zero-order valence-electron chi connectivity index (χ0n) is 10.1. The number of aliphatic hydroxyl groups excluding tert-OH is 1. The van der Waals surface area contributed by atoms with Gasteiger partial charge in [0.15, 0.2) is 0 Å². The summed E-state index contributed by atoms with van der Waals surface area (Å²) in [6, 6.07) is 11.4. The lowest BCUT2D eigenvalue weighted by Gasteiger charge is -2.20. The highest BCUT2D eigenvalue weighted by atomic mass is 16.5. The topological polar surface area (TPSA) is 55.5 Å². The SMILES string of the molecule is COc1ccc2ccccc2c1C(O)C(C)N. The molecule has 3 nitrogen and oxygen atoms in total. The Morgan fingerprint density at radius 2 is 1.88 bits per heavy atom. The van der Waals surface area contributed by atoms with E-state index in [0.717, 1.165) is 16.3 Å². The maximum atomic E-state index is 10.2. The number of hydrogen-bond donors (Lipinski definition) is 2. The van der Waals surface area contributed by atoms with E-state index in [4.69, 9.17) is 10.5 Å². The van der Waals surface area contributed by atoms with Crippen LogP contribution >= 0.6 is 0 Å². The van der Waals surface area contributed by atoms with Crippen LogP contribution in [0.2, 0.25) is 0 Å². The molecule has 0 radical (unpaired) electrons. The fraction of sp³-hybridized carbons (Fsp3) is 0.286. The Kier molecular flexibility index (Phi) is 3.31. The monoisotopic (exact) mass is 231 g/mol. The molecule has 2 unspecified atom stereocenters. The first-order chi connectivity index (χ1) is 8.15. The minimum Gasteiger partial charge on any atom is -0.496 e. The van der Waals surface area contributed by atoms with Gasteiger partial charge in [0.1, 0.15) is 5.75 Å². The predicted molar refractivity (Wildman–Crippen MR) is 69.1 cm³/mol. The van der Waals surface area contributed by atoms with Crippen molar-refractivity contribution in [2.45, 2.75) is 19.1 Å². The van der Waals surface area contributed by atoms with E-state index in [1.165, 1.54) is 0 Å². The summed E-state index contributed by atoms with van der Waals surface area (Å²) >= 11 is 0. The Bertz CT molecular complexity index is 523. The molecule has 0 aromatic heterocycles. The zero-order valence-corrected chi connectivity index (χ0v) is 10.1. The normalized spacial score (nSPS) is 14.6. The summed E-state index contributed by atoms with van der Waals surface area (Å²) in [6.07, 6.45) is -0.726. The van der Waals surface area contributed by atoms with E-state index in [2.05, 4.69) is 0 Å². The molecular formula is C14H17NO2. The molecule has 0 aliphatic heterocycles. The van der Waals surface area contributed by atoms with Gasteiger partial charge in [-0.15, -0.1) is 0 Å². The maximum Gasteiger partial charge on any atom is 0.125 e. The van der Waals surface area contributed by atoms with Crippen LogP contribution in [0.4, 0.5) is 0 Å². The van der Waals surface area contributed by atoms with Crippen LogP contribution in [-0.2, 0) is 0 Å². The van der Waals surface area contributed by atoms with Crippen molar-refractivity contribution in [3.63, 3.8) is 0 Å². The Balaban J connectivity index is 2.71. The van der Waals surface area contributed by atoms with Gasteiger partial charge in [0.05, 0.1) is 13.2 Å². The third kappa shape index (κ3) is 2.12. The molecule has 2 aromatic rings. The van der Waals surface area contributed by atoms with Crippen molar-refractivity contribution in [1.29, 1.82) is 0 Å². The third-order valence-electron chi connectivity index (χ3n) is 2.94. The molecular weight excluding hydrogens is 214 g/mol. The molecule has 3 N–H and O–H groups in total. The van der Waals surface area contributed by atoms with Crippen LogP contribution in [-0.4, -0.2) is 18.3 Å². The molecule has 0 bridgehead atoms. The molecule has 0 saturated carbocycles. The maximum absolute atomic E-state index is 10.2. The molecule has 90 valence electrons. The van der Waals surface area contributed by atoms with Crippen molar-refractivity contribution in [3.8, 4) is 5.75 Å². The molecule has 0 heterocycles. The van der Waals surface area contributed by atoms with Gasteiger partial charge in [-0.05, 0) is 23.8 Å². The Hall–Kier alpha value is -1.58. The van der Waals surface area contributed by atoms with Gasteiger partial charge in [-0.2, -0.15) is 0 Å². The number of hydrogen-bond acceptors (Lipinski definition) is 3. The van der Waals surface area contributed by atoms with E-state index in [9.17, 15) is 5.11 Å². The molecule has 3 heteroatoms. The second kappa shape index (κ2) is 4.73. The van der Waals surface area contributed by atoms with Crippen LogP contribution in [0, 0.1) is 0 Å². The minimum atomic E-state index is -0.726. The lowest BCUT2D eigenvalue weighted by atomic mass is 9.96. The van der Waals surface area contributed by atoms with Gasteiger partial charge in [-0.1, -0.05) is 30.3 Å². The van der Waals surface area contributed by atoms with Crippen LogP contribution in [0.15, 0.2) is 36.4 Å². The van der Waals surface area contributed by atoms with E-state index in [-0.39, 0.29) is 6.04 Å². The quantitative estimate of drug-likeness (QED) is 0.851. The molecule has 0 aliphatic rings. The molecule has 0 amide bonds. The van der Waals surface area contributed by atoms with Crippen molar-refractivity contribution in [1.82, 2.24) is 0 Å². The molecule has 0 spiro atoms. The lowest BCUT2D eigenvalue weighted by Crippen LogP contribution is -2.25. The van der Waals surface area contributed by atoms with Crippen LogP contribution in [0.1, 0.15) is 18.6 Å². The van der Waals surface area contributed by atoms with Crippen molar-refractivity contribution in [2.24, 2.45) is 5.73 Å². The summed E-state index contributed by atoms with van der Waals surface area (Å²) in [5.74, 6) is 0.675. The predicted octanol–water partition coefficient (Wildman–Crippen LogP) is 2.23. The van der Waals surface area contributed by atoms with Crippen LogP contribution in [0.3, 0.4) is 0 Å². The standard InChI is InChI=1S/C14H17NO2/c1-9(15)14(16)13-11-6-4-3-5-10(11)7-8-12(13)17-2/h3-9,14,16H,15H2,1-2H3. The molecule has 2 atom stereocenters. The van der Waals surface area contributed by atoms with Gasteiger partial charge in [0.25, 0.3) is 0 Å². The van der Waals surface area contributed by atoms with E-state index < -0.39 is 6.10 Å². The van der Waals surface area contributed by atoms with E-state index in [1.54, 1.807) is 14.0 Å². The summed E-state index contributed by atoms with van der Waals surface area (Å²) in [4.78, 5) is 0. The largest absolute Gasteiger partial charge is 0.496 e. The summed E-state index contributed by atoms with van der Waals surface area (Å²) < 4.78 is 5.31. The molecule has 0 aliphatic carbocycles. The first-order valence-electron chi connectivity index (χ1n) is 5.64. The Morgan fingerprint density at radius 3 is 2.53 bits per heavy atom. The Labute approximate surface area is 101 Å². The minimum absolute atomic E-state index is 0.338. The number of fused-ring (bicyclic) bond motifs is 1. The molecule has 2 aromatic carbocycles. The number of ether oxygens (including phenoxy) is 1. The van der Waals surface area contributed by atoms with Crippen molar-refractivity contribution in [2.75, 3.05) is 7.11 Å². The van der Waals surface area contributed by atoms with Crippen LogP contribution in [0.5, 0.6) is 5.75 Å². The van der Waals surface area contributed by atoms with Gasteiger partial charge in [0.2, 0.25) is 0 Å². The first kappa shape index (κ1) is 11.9. The number of nitrogens with two attached hydrogens (primary N) is 1. The van der Waals surface area contributed by atoms with Gasteiger partial charge < -0.3 is 15.6 Å². The van der Waals surface area contributed by atoms with Crippen molar-refractivity contribution in [3.05, 3.63) is 42.0 Å². The van der Waals surface area contributed by atoms with E-state index in [0.29, 0.717) is 5.75 Å². The van der Waals surface area contributed by atoms with E-state index >= 15 is 0 Å². The van der Waals surface area contributed by atoms with Crippen molar-refractivity contribution >= 4 is 10.8 Å². The highest BCUT2D eigenvalue weighted by molar-refractivity contribution is 5.88. The molecule has 17 heavy (non-hydrogen) atoms. The van der Waals surface area contributed by atoms with E-state index in [1.807, 2.05) is 36.4 Å². The number of benzene rings is 2. The third-order valence-corrected chi connectivity index (χ3v) is 2.94. The number of rotatable bonds is 3. The summed E-state index contributed by atoms with van der Waals surface area (Å²) in [5, 5.41) is 12.3. The summed E-state index contributed by atoms with van der Waals surface area (Å²) in [7, 11) is 1.60. The van der Waals surface area contributed by atoms with Crippen LogP contribution < -0.4 is 10.5 Å². The summed E-state index contributed by atoms with van der Waals surface area (Å²) in [6.45, 7) is 1.78. The molecule has 2 rings (SSSR count). The highest BCUT2D eigenvalue weighted by Gasteiger charge is 2.19. The summed E-state index contributed by atoms with van der Waals surface area (Å²) in [5.41, 5.74) is 6.54. The number of aliphatic hydroxyl groups is 1. The molecule has 0 fully saturated rings. The smallest absolute Gasteiger partial charge is 0.125 e. The zero-order chi connectivity index (χ0) is 12.4. The fourth-order valence-corrected chi connectivity index (χ4v) is 2.02. The van der Waals surface area contributed by atoms with Gasteiger partial charge in [0, 0.05) is 11.6 Å². The van der Waals surface area contributed by atoms with Gasteiger partial charge in [-0.25, -0.2) is 0 Å². The van der Waals surface area contributed by atoms with Gasteiger partial charge >= 0.3 is 0 Å². The Morgan fingerprint density at radius 1 is 1.18 bits per heavy atom. The molecule has 0 saturated heterocycles. The second-order valence-electron chi connectivity index (χ2n) is 4.21. The van der Waals surface area contributed by atoms with Crippen molar-refractivity contribution < 1.29 is 9.84 Å². The first-order valence-corrected chi connectivity index (χ1v) is 5.64. The average Bonchev–Trinajstić information content (AvgIpc) is 2.36. The van der Waals surface area contributed by atoms with Crippen LogP contribution in [0.25, 0.3) is 10.8 Å². The second-order valence-corrected chi connectivity index (χ2v) is 4.21. The van der Waals surface area contributed by atoms with Gasteiger partial charge in [-0.3, -0.25) is 0 Å². The highest BCUT2D eigenvalue weighted by Crippen LogP contribution is 2.33. The average molecular weight is 231 g/mol. The number of methoxy groups -OCH3 is 1. The lowest BCUT2D eigenvalue weighted by molar-refractivity contribution is 0.151.